The Morgan fingerprint density at radius 1 is 1.00 bits per heavy atom. The van der Waals surface area contributed by atoms with Crippen LogP contribution in [0.25, 0.3) is 0 Å². The van der Waals surface area contributed by atoms with Crippen LogP contribution in [-0.4, -0.2) is 39.8 Å². The number of aromatic nitrogens is 1. The molecule has 6 rings (SSSR count). The fraction of sp³-hybridized carbons (Fsp3) is 0.172. The second-order valence-electron chi connectivity index (χ2n) is 9.61. The normalized spacial score (nSPS) is 19.4. The van der Waals surface area contributed by atoms with E-state index in [0.29, 0.717) is 32.6 Å². The third-order valence-corrected chi connectivity index (χ3v) is 10.6. The van der Waals surface area contributed by atoms with Crippen molar-refractivity contribution < 1.29 is 24.2 Å². The predicted molar refractivity (Wildman–Crippen MR) is 162 cm³/mol. The number of anilines is 2. The summed E-state index contributed by atoms with van der Waals surface area (Å²) < 4.78 is 6.53. The van der Waals surface area contributed by atoms with Crippen molar-refractivity contribution in [3.63, 3.8) is 0 Å². The smallest absolute Gasteiger partial charge is 0.308 e. The predicted octanol–water partition coefficient (Wildman–Crippen LogP) is 5.37. The average molecular weight is 643 g/mol. The van der Waals surface area contributed by atoms with Crippen molar-refractivity contribution in [1.82, 2.24) is 4.57 Å². The van der Waals surface area contributed by atoms with Crippen LogP contribution in [0.15, 0.2) is 76.6 Å². The minimum absolute atomic E-state index is 0.0484. The molecule has 2 aliphatic heterocycles. The number of carbonyl (C=O) groups excluding carboxylic acids is 3. The lowest BCUT2D eigenvalue weighted by molar-refractivity contribution is -0.122. The van der Waals surface area contributed by atoms with Crippen LogP contribution in [0.1, 0.15) is 16.4 Å². The molecule has 1 fully saturated rings. The van der Waals surface area contributed by atoms with Gasteiger partial charge in [-0.1, -0.05) is 58.4 Å². The van der Waals surface area contributed by atoms with Gasteiger partial charge < -0.3 is 15.2 Å². The summed E-state index contributed by atoms with van der Waals surface area (Å²) in [5.41, 5.74) is 1.35. The summed E-state index contributed by atoms with van der Waals surface area (Å²) in [6.45, 7) is -0.323. The SMILES string of the molecule is COc1ccc(N2C(=O)C3Sc4c(sc(=O)n4CC(=O)Nc4ccc(O)cc4)[C@H](c4cccc(Cl)c4Cl)C3C2=O)cc1. The Hall–Kier alpha value is -3.77. The van der Waals surface area contributed by atoms with E-state index in [1.54, 1.807) is 42.5 Å². The third-order valence-electron chi connectivity index (χ3n) is 7.15. The monoisotopic (exact) mass is 641 g/mol. The molecule has 214 valence electrons. The van der Waals surface area contributed by atoms with E-state index in [0.717, 1.165) is 28.0 Å². The molecule has 0 saturated carbocycles. The van der Waals surface area contributed by atoms with E-state index in [9.17, 15) is 24.3 Å². The number of hydrogen-bond acceptors (Lipinski definition) is 8. The molecular weight excluding hydrogens is 621 g/mol. The molecule has 3 heterocycles. The number of phenols is 1. The molecule has 0 radical (unpaired) electrons. The summed E-state index contributed by atoms with van der Waals surface area (Å²) in [4.78, 5) is 55.4. The molecule has 3 amide bonds. The fourth-order valence-electron chi connectivity index (χ4n) is 5.23. The van der Waals surface area contributed by atoms with Crippen molar-refractivity contribution in [2.24, 2.45) is 5.92 Å². The van der Waals surface area contributed by atoms with Gasteiger partial charge in [-0.05, 0) is 60.2 Å². The van der Waals surface area contributed by atoms with Crippen molar-refractivity contribution in [1.29, 1.82) is 0 Å². The van der Waals surface area contributed by atoms with Gasteiger partial charge in [0.25, 0.3) is 0 Å². The van der Waals surface area contributed by atoms with Crippen LogP contribution in [0.5, 0.6) is 11.5 Å². The maximum atomic E-state index is 14.0. The van der Waals surface area contributed by atoms with Crippen LogP contribution in [-0.2, 0) is 20.9 Å². The number of halogens is 2. The molecule has 0 spiro atoms. The van der Waals surface area contributed by atoms with Crippen LogP contribution >= 0.6 is 46.3 Å². The average Bonchev–Trinajstić information content (AvgIpc) is 3.42. The molecule has 42 heavy (non-hydrogen) atoms. The number of amides is 3. The molecule has 2 N–H and O–H groups in total. The number of thiazole rings is 1. The van der Waals surface area contributed by atoms with E-state index in [1.807, 2.05) is 0 Å². The lowest BCUT2D eigenvalue weighted by Crippen LogP contribution is -2.33. The molecular formula is C29H21Cl2N3O6S2. The molecule has 9 nitrogen and oxygen atoms in total. The maximum absolute atomic E-state index is 14.0. The molecule has 3 aromatic carbocycles. The Kier molecular flexibility index (Phi) is 7.52. The topological polar surface area (TPSA) is 118 Å². The first-order chi connectivity index (χ1) is 20.2. The number of aromatic hydroxyl groups is 1. The Bertz CT molecular complexity index is 1790. The highest BCUT2D eigenvalue weighted by Crippen LogP contribution is 2.55. The van der Waals surface area contributed by atoms with E-state index in [1.165, 1.54) is 35.9 Å². The Balaban J connectivity index is 1.42. The van der Waals surface area contributed by atoms with E-state index in [4.69, 9.17) is 27.9 Å². The first-order valence-corrected chi connectivity index (χ1v) is 15.1. The van der Waals surface area contributed by atoms with E-state index in [2.05, 4.69) is 5.32 Å². The molecule has 2 unspecified atom stereocenters. The number of methoxy groups -OCH3 is 1. The van der Waals surface area contributed by atoms with Crippen LogP contribution in [0.2, 0.25) is 10.0 Å². The van der Waals surface area contributed by atoms with Gasteiger partial charge in [0.1, 0.15) is 23.3 Å². The second-order valence-corrected chi connectivity index (χ2v) is 12.5. The number of nitrogens with one attached hydrogen (secondary N) is 1. The number of carbonyl (C=O) groups is 3. The number of phenolic OH excluding ortho intramolecular Hbond substituents is 1. The minimum atomic E-state index is -0.882. The molecule has 4 aromatic rings. The van der Waals surface area contributed by atoms with Crippen LogP contribution in [0.4, 0.5) is 11.4 Å². The van der Waals surface area contributed by atoms with E-state index >= 15 is 0 Å². The van der Waals surface area contributed by atoms with Gasteiger partial charge in [-0.25, -0.2) is 4.90 Å². The Labute approximate surface area is 257 Å². The van der Waals surface area contributed by atoms with Gasteiger partial charge in [0.2, 0.25) is 17.7 Å². The van der Waals surface area contributed by atoms with E-state index < -0.39 is 39.7 Å². The van der Waals surface area contributed by atoms with Gasteiger partial charge in [0.05, 0.1) is 33.8 Å². The highest BCUT2D eigenvalue weighted by molar-refractivity contribution is 8.00. The first-order valence-electron chi connectivity index (χ1n) is 12.6. The Morgan fingerprint density at radius 3 is 2.40 bits per heavy atom. The summed E-state index contributed by atoms with van der Waals surface area (Å²) in [6.07, 6.45) is 0. The second kappa shape index (κ2) is 11.1. The molecule has 1 saturated heterocycles. The maximum Gasteiger partial charge on any atom is 0.308 e. The van der Waals surface area contributed by atoms with Crippen molar-refractivity contribution in [2.45, 2.75) is 22.7 Å². The number of ether oxygens (including phenoxy) is 1. The number of rotatable bonds is 6. The molecule has 1 aromatic heterocycles. The third kappa shape index (κ3) is 4.86. The summed E-state index contributed by atoms with van der Waals surface area (Å²) in [6, 6.07) is 17.6. The fourth-order valence-corrected chi connectivity index (χ4v) is 8.42. The summed E-state index contributed by atoms with van der Waals surface area (Å²) in [5.74, 6) is -2.34. The molecule has 0 bridgehead atoms. The zero-order valence-corrected chi connectivity index (χ0v) is 24.9. The van der Waals surface area contributed by atoms with Crippen LogP contribution < -0.4 is 19.8 Å². The Morgan fingerprint density at radius 2 is 1.71 bits per heavy atom. The number of benzene rings is 3. The van der Waals surface area contributed by atoms with Gasteiger partial charge in [-0.3, -0.25) is 23.7 Å². The molecule has 13 heteroatoms. The van der Waals surface area contributed by atoms with Crippen molar-refractivity contribution in [2.75, 3.05) is 17.3 Å². The van der Waals surface area contributed by atoms with Crippen LogP contribution in [0, 0.1) is 5.92 Å². The largest absolute Gasteiger partial charge is 0.508 e. The zero-order chi connectivity index (χ0) is 29.7. The van der Waals surface area contributed by atoms with Crippen molar-refractivity contribution in [3.8, 4) is 11.5 Å². The lowest BCUT2D eigenvalue weighted by atomic mass is 9.83. The first kappa shape index (κ1) is 28.4. The summed E-state index contributed by atoms with van der Waals surface area (Å²) in [7, 11) is 1.52. The molecule has 0 aliphatic carbocycles. The number of imide groups is 1. The summed E-state index contributed by atoms with van der Waals surface area (Å²) >= 11 is 15.0. The minimum Gasteiger partial charge on any atom is -0.508 e. The van der Waals surface area contributed by atoms with Crippen LogP contribution in [0.3, 0.4) is 0 Å². The number of hydrogen-bond donors (Lipinski definition) is 2. The standard InChI is InChI=1S/C29H21Cl2N3O6S2/c1-40-17-11-7-15(8-12-17)34-26(37)22-21(18-3-2-4-19(30)23(18)31)25-28(41-24(22)27(34)38)33(29(39)42-25)13-20(36)32-14-5-9-16(35)10-6-14/h2-12,21-22,24,35H,13H2,1H3,(H,32,36)/t21-,22?,24?/m1/s1. The lowest BCUT2D eigenvalue weighted by Gasteiger charge is -2.31. The van der Waals surface area contributed by atoms with Gasteiger partial charge >= 0.3 is 4.87 Å². The number of fused-ring (bicyclic) bond motifs is 2. The van der Waals surface area contributed by atoms with Gasteiger partial charge in [-0.2, -0.15) is 0 Å². The van der Waals surface area contributed by atoms with Crippen molar-refractivity contribution in [3.05, 3.63) is 96.9 Å². The van der Waals surface area contributed by atoms with Crippen molar-refractivity contribution >= 4 is 75.4 Å². The van der Waals surface area contributed by atoms with E-state index in [-0.39, 0.29) is 22.3 Å². The highest BCUT2D eigenvalue weighted by Gasteiger charge is 2.57. The zero-order valence-electron chi connectivity index (χ0n) is 21.7. The highest BCUT2D eigenvalue weighted by atomic mass is 35.5. The summed E-state index contributed by atoms with van der Waals surface area (Å²) in [5, 5.41) is 12.3. The molecule has 3 atom stereocenters. The molecule has 2 aliphatic rings. The number of thioether (sulfide) groups is 1. The van der Waals surface area contributed by atoms with Gasteiger partial charge in [-0.15, -0.1) is 0 Å². The number of nitrogens with zero attached hydrogens (tertiary/aromatic N) is 2. The van der Waals surface area contributed by atoms with Gasteiger partial charge in [0.15, 0.2) is 0 Å². The van der Waals surface area contributed by atoms with Gasteiger partial charge in [0, 0.05) is 16.5 Å². The quantitative estimate of drug-likeness (QED) is 0.215.